The van der Waals surface area contributed by atoms with E-state index in [9.17, 15) is 9.59 Å². The second-order valence-corrected chi connectivity index (χ2v) is 15.9. The topological polar surface area (TPSA) is 55.8 Å². The summed E-state index contributed by atoms with van der Waals surface area (Å²) in [7, 11) is 0. The van der Waals surface area contributed by atoms with Gasteiger partial charge in [-0.2, -0.15) is 0 Å². The standard InChI is InChI=1S/C40H43BrClNO4/c1-6-46-34-19-27(18-29(41)38(34)47-24-26-12-14-28(42)15-13-26)35-36-30(20-39(2,3)22-32(36)44)43(17-16-25-10-8-7-9-11-25)31-21-40(4,5)23-33(45)37(31)35/h7-15,18-19,35H,6,16-17,20-24H2,1-5H3. The fourth-order valence-corrected chi connectivity index (χ4v) is 8.13. The van der Waals surface area contributed by atoms with Gasteiger partial charge in [0.2, 0.25) is 0 Å². The molecule has 0 saturated carbocycles. The van der Waals surface area contributed by atoms with Crippen molar-refractivity contribution in [2.24, 2.45) is 10.8 Å². The Kier molecular flexibility index (Phi) is 9.48. The molecule has 0 radical (unpaired) electrons. The maximum atomic E-state index is 14.3. The predicted molar refractivity (Wildman–Crippen MR) is 191 cm³/mol. The minimum Gasteiger partial charge on any atom is -0.490 e. The first-order valence-corrected chi connectivity index (χ1v) is 17.7. The van der Waals surface area contributed by atoms with Crippen molar-refractivity contribution >= 4 is 39.1 Å². The highest BCUT2D eigenvalue weighted by molar-refractivity contribution is 9.10. The lowest BCUT2D eigenvalue weighted by Gasteiger charge is -2.49. The Balaban J connectivity index is 1.48. The van der Waals surface area contributed by atoms with Gasteiger partial charge in [0, 0.05) is 52.9 Å². The average Bonchev–Trinajstić information content (AvgIpc) is 2.99. The molecular weight excluding hydrogens is 674 g/mol. The predicted octanol–water partition coefficient (Wildman–Crippen LogP) is 10.0. The minimum atomic E-state index is -0.471. The van der Waals surface area contributed by atoms with Gasteiger partial charge < -0.3 is 14.4 Å². The van der Waals surface area contributed by atoms with Gasteiger partial charge in [0.15, 0.2) is 23.1 Å². The molecule has 2 aliphatic carbocycles. The number of hydrogen-bond acceptors (Lipinski definition) is 5. The zero-order valence-electron chi connectivity index (χ0n) is 27.9. The largest absolute Gasteiger partial charge is 0.490 e. The average molecular weight is 717 g/mol. The maximum absolute atomic E-state index is 14.3. The van der Waals surface area contributed by atoms with Gasteiger partial charge in [0.05, 0.1) is 11.1 Å². The summed E-state index contributed by atoms with van der Waals surface area (Å²) in [5, 5.41) is 0.670. The Morgan fingerprint density at radius 2 is 1.40 bits per heavy atom. The molecule has 0 spiro atoms. The van der Waals surface area contributed by atoms with Crippen molar-refractivity contribution in [3.63, 3.8) is 0 Å². The van der Waals surface area contributed by atoms with E-state index in [1.807, 2.05) is 49.4 Å². The van der Waals surface area contributed by atoms with Crippen molar-refractivity contribution in [3.8, 4) is 11.5 Å². The molecule has 5 nitrogen and oxygen atoms in total. The van der Waals surface area contributed by atoms with Gasteiger partial charge in [-0.25, -0.2) is 0 Å². The Labute approximate surface area is 292 Å². The number of carbonyl (C=O) groups excluding carboxylic acids is 2. The molecule has 0 unspecified atom stereocenters. The summed E-state index contributed by atoms with van der Waals surface area (Å²) in [5.74, 6) is 0.927. The number of Topliss-reactive ketones (excluding diaryl/α,β-unsaturated/α-hetero) is 2. The van der Waals surface area contributed by atoms with Crippen LogP contribution in [0.4, 0.5) is 0 Å². The summed E-state index contributed by atoms with van der Waals surface area (Å²) in [6.45, 7) is 12.1. The van der Waals surface area contributed by atoms with Gasteiger partial charge >= 0.3 is 0 Å². The lowest BCUT2D eigenvalue weighted by Crippen LogP contribution is -2.45. The molecule has 1 aliphatic heterocycles. The fraction of sp³-hybridized carbons (Fsp3) is 0.400. The number of rotatable bonds is 9. The molecule has 6 rings (SSSR count). The van der Waals surface area contributed by atoms with Gasteiger partial charge in [-0.15, -0.1) is 0 Å². The molecule has 47 heavy (non-hydrogen) atoms. The molecule has 0 saturated heterocycles. The van der Waals surface area contributed by atoms with Crippen LogP contribution in [0.25, 0.3) is 0 Å². The van der Waals surface area contributed by atoms with Crippen molar-refractivity contribution in [1.82, 2.24) is 4.90 Å². The fourth-order valence-electron chi connectivity index (χ4n) is 7.43. The first-order chi connectivity index (χ1) is 22.4. The SMILES string of the molecule is CCOc1cc(C2C3=C(CC(C)(C)CC3=O)N(CCc3ccccc3)C3=C2C(=O)CC(C)(C)C3)cc(Br)c1OCc1ccc(Cl)cc1. The zero-order valence-corrected chi connectivity index (χ0v) is 30.3. The quantitative estimate of drug-likeness (QED) is 0.221. The van der Waals surface area contributed by atoms with Crippen molar-refractivity contribution in [2.75, 3.05) is 13.2 Å². The van der Waals surface area contributed by atoms with Gasteiger partial charge in [-0.05, 0) is 93.9 Å². The lowest BCUT2D eigenvalue weighted by atomic mass is 9.63. The molecule has 3 aromatic rings. The van der Waals surface area contributed by atoms with Crippen molar-refractivity contribution in [3.05, 3.63) is 115 Å². The van der Waals surface area contributed by atoms with E-state index in [1.54, 1.807) is 0 Å². The van der Waals surface area contributed by atoms with Gasteiger partial charge in [-0.1, -0.05) is 81.8 Å². The third-order valence-electron chi connectivity index (χ3n) is 9.45. The highest BCUT2D eigenvalue weighted by atomic mass is 79.9. The van der Waals surface area contributed by atoms with Gasteiger partial charge in [0.1, 0.15) is 6.61 Å². The Morgan fingerprint density at radius 1 is 0.809 bits per heavy atom. The van der Waals surface area contributed by atoms with Crippen LogP contribution in [0, 0.1) is 10.8 Å². The van der Waals surface area contributed by atoms with Crippen LogP contribution < -0.4 is 9.47 Å². The normalized spacial score (nSPS) is 19.1. The second-order valence-electron chi connectivity index (χ2n) is 14.6. The van der Waals surface area contributed by atoms with Crippen molar-refractivity contribution in [1.29, 1.82) is 0 Å². The van der Waals surface area contributed by atoms with E-state index in [1.165, 1.54) is 5.56 Å². The number of allylic oxidation sites excluding steroid dienone is 4. The van der Waals surface area contributed by atoms with E-state index in [0.717, 1.165) is 57.4 Å². The summed E-state index contributed by atoms with van der Waals surface area (Å²) in [5.41, 5.74) is 6.35. The van der Waals surface area contributed by atoms with E-state index in [-0.39, 0.29) is 22.4 Å². The van der Waals surface area contributed by atoms with Crippen LogP contribution in [0.1, 0.15) is 82.9 Å². The lowest BCUT2D eigenvalue weighted by molar-refractivity contribution is -0.119. The van der Waals surface area contributed by atoms with Gasteiger partial charge in [0.25, 0.3) is 0 Å². The van der Waals surface area contributed by atoms with Crippen LogP contribution in [0.2, 0.25) is 5.02 Å². The molecule has 3 aromatic carbocycles. The maximum Gasteiger partial charge on any atom is 0.175 e. The monoisotopic (exact) mass is 715 g/mol. The van der Waals surface area contributed by atoms with E-state index in [0.29, 0.717) is 49.1 Å². The van der Waals surface area contributed by atoms with Crippen molar-refractivity contribution < 1.29 is 19.1 Å². The Bertz CT molecular complexity index is 1700. The molecular formula is C40H43BrClNO4. The van der Waals surface area contributed by atoms with Crippen LogP contribution in [0.15, 0.2) is 93.7 Å². The molecule has 0 fully saturated rings. The molecule has 0 atom stereocenters. The highest BCUT2D eigenvalue weighted by Gasteiger charge is 2.49. The highest BCUT2D eigenvalue weighted by Crippen LogP contribution is 2.55. The number of ketones is 2. The number of halogens is 2. The summed E-state index contributed by atoms with van der Waals surface area (Å²) in [6, 6.07) is 22.0. The molecule has 0 N–H and O–H groups in total. The number of carbonyl (C=O) groups is 2. The number of benzene rings is 3. The third-order valence-corrected chi connectivity index (χ3v) is 10.3. The van der Waals surface area contributed by atoms with E-state index >= 15 is 0 Å². The van der Waals surface area contributed by atoms with E-state index in [4.69, 9.17) is 21.1 Å². The smallest absolute Gasteiger partial charge is 0.175 e. The summed E-state index contributed by atoms with van der Waals surface area (Å²) >= 11 is 9.87. The molecule has 246 valence electrons. The zero-order chi connectivity index (χ0) is 33.5. The van der Waals surface area contributed by atoms with Crippen molar-refractivity contribution in [2.45, 2.75) is 79.2 Å². The minimum absolute atomic E-state index is 0.118. The number of ether oxygens (including phenoxy) is 2. The second kappa shape index (κ2) is 13.3. The molecule has 0 bridgehead atoms. The molecule has 0 amide bonds. The van der Waals surface area contributed by atoms with Crippen LogP contribution in [0.5, 0.6) is 11.5 Å². The molecule has 0 aromatic heterocycles. The van der Waals surface area contributed by atoms with Crippen LogP contribution in [-0.4, -0.2) is 29.6 Å². The summed E-state index contributed by atoms with van der Waals surface area (Å²) in [4.78, 5) is 31.0. The van der Waals surface area contributed by atoms with Gasteiger partial charge in [-0.3, -0.25) is 9.59 Å². The first-order valence-electron chi connectivity index (χ1n) is 16.5. The Hall–Kier alpha value is -3.35. The molecule has 1 heterocycles. The first kappa shape index (κ1) is 33.5. The van der Waals surface area contributed by atoms with Crippen LogP contribution >= 0.6 is 27.5 Å². The number of nitrogens with zero attached hydrogens (tertiary/aromatic N) is 1. The molecule has 3 aliphatic rings. The third kappa shape index (κ3) is 7.10. The summed E-state index contributed by atoms with van der Waals surface area (Å²) < 4.78 is 13.2. The van der Waals surface area contributed by atoms with Crippen LogP contribution in [0.3, 0.4) is 0 Å². The van der Waals surface area contributed by atoms with E-state index < -0.39 is 5.92 Å². The summed E-state index contributed by atoms with van der Waals surface area (Å²) in [6.07, 6.45) is 3.25. The number of hydrogen-bond donors (Lipinski definition) is 0. The molecule has 7 heteroatoms. The van der Waals surface area contributed by atoms with Crippen LogP contribution in [-0.2, 0) is 22.6 Å². The van der Waals surface area contributed by atoms with E-state index in [2.05, 4.69) is 72.8 Å². The Morgan fingerprint density at radius 3 is 1.98 bits per heavy atom.